The Bertz CT molecular complexity index is 795. The highest BCUT2D eigenvalue weighted by Gasteiger charge is 2.59. The number of nitrogens with zero attached hydrogens (tertiary/aromatic N) is 2. The normalized spacial score (nSPS) is 28.3. The van der Waals surface area contributed by atoms with Crippen molar-refractivity contribution in [3.05, 3.63) is 24.3 Å². The molecular formula is C18H19F2N3O4S. The number of halogens is 2. The minimum absolute atomic E-state index is 0.0325. The quantitative estimate of drug-likeness (QED) is 0.693. The van der Waals surface area contributed by atoms with Gasteiger partial charge in [0, 0.05) is 24.5 Å². The number of piperidine rings is 1. The van der Waals surface area contributed by atoms with Crippen molar-refractivity contribution in [2.45, 2.75) is 12.5 Å². The van der Waals surface area contributed by atoms with Gasteiger partial charge in [0.1, 0.15) is 11.1 Å². The number of carboxylic acids is 1. The fourth-order valence-corrected chi connectivity index (χ4v) is 4.16. The maximum absolute atomic E-state index is 12.4. The zero-order valence-electron chi connectivity index (χ0n) is 14.8. The van der Waals surface area contributed by atoms with Crippen molar-refractivity contribution in [2.24, 2.45) is 17.8 Å². The van der Waals surface area contributed by atoms with E-state index in [2.05, 4.69) is 22.4 Å². The molecule has 2 N–H and O–H groups in total. The van der Waals surface area contributed by atoms with Crippen molar-refractivity contribution >= 4 is 40.6 Å². The Balaban J connectivity index is 1.32. The zero-order valence-corrected chi connectivity index (χ0v) is 15.6. The fraction of sp³-hybridized carbons (Fsp3) is 0.500. The zero-order chi connectivity index (χ0) is 20.0. The van der Waals surface area contributed by atoms with Crippen LogP contribution in [0.2, 0.25) is 0 Å². The summed E-state index contributed by atoms with van der Waals surface area (Å²) in [6.07, 6.45) is -3.84. The van der Waals surface area contributed by atoms with E-state index in [1.807, 2.05) is 12.1 Å². The van der Waals surface area contributed by atoms with E-state index in [0.717, 1.165) is 18.8 Å². The molecule has 2 heterocycles. The van der Waals surface area contributed by atoms with Crippen LogP contribution in [0, 0.1) is 17.8 Å². The molecule has 28 heavy (non-hydrogen) atoms. The summed E-state index contributed by atoms with van der Waals surface area (Å²) in [6, 6.07) is 7.38. The van der Waals surface area contributed by atoms with E-state index in [1.165, 1.54) is 4.90 Å². The van der Waals surface area contributed by atoms with Gasteiger partial charge in [-0.15, -0.1) is 0 Å². The van der Waals surface area contributed by atoms with Gasteiger partial charge in [0.2, 0.25) is 0 Å². The van der Waals surface area contributed by atoms with E-state index in [-0.39, 0.29) is 30.8 Å². The Morgan fingerprint density at radius 1 is 1.21 bits per heavy atom. The summed E-state index contributed by atoms with van der Waals surface area (Å²) in [6.45, 7) is 1.73. The molecule has 4 atom stereocenters. The van der Waals surface area contributed by atoms with Gasteiger partial charge in [-0.3, -0.25) is 9.69 Å². The van der Waals surface area contributed by atoms with Crippen LogP contribution in [0.15, 0.2) is 24.3 Å². The summed E-state index contributed by atoms with van der Waals surface area (Å²) in [5.74, 6) is -0.481. The highest BCUT2D eigenvalue weighted by molar-refractivity contribution is 7.80. The molecule has 7 nitrogen and oxygen atoms in total. The first-order chi connectivity index (χ1) is 13.3. The van der Waals surface area contributed by atoms with Crippen molar-refractivity contribution in [1.29, 1.82) is 0 Å². The molecule has 1 aromatic rings. The highest BCUT2D eigenvalue weighted by Crippen LogP contribution is 2.52. The van der Waals surface area contributed by atoms with Gasteiger partial charge in [0.25, 0.3) is 6.43 Å². The number of hydrogen-bond donors (Lipinski definition) is 2. The average Bonchev–Trinajstić information content (AvgIpc) is 2.99. The summed E-state index contributed by atoms with van der Waals surface area (Å²) >= 11 is 4.51. The number of benzene rings is 1. The first kappa shape index (κ1) is 18.9. The third-order valence-corrected chi connectivity index (χ3v) is 5.90. The molecule has 1 aliphatic carbocycles. The van der Waals surface area contributed by atoms with Crippen LogP contribution in [0.25, 0.3) is 0 Å². The lowest BCUT2D eigenvalue weighted by Gasteiger charge is -2.22. The van der Waals surface area contributed by atoms with Gasteiger partial charge in [0.15, 0.2) is 0 Å². The largest absolute Gasteiger partial charge is 0.481 e. The van der Waals surface area contributed by atoms with Gasteiger partial charge in [-0.25, -0.2) is 13.6 Å². The third-order valence-electron chi connectivity index (χ3n) is 5.58. The number of aliphatic carboxylic acids is 1. The number of cyclic esters (lactones) is 1. The van der Waals surface area contributed by atoms with E-state index in [4.69, 9.17) is 9.84 Å². The van der Waals surface area contributed by atoms with Crippen LogP contribution in [0.5, 0.6) is 0 Å². The molecule has 3 fully saturated rings. The van der Waals surface area contributed by atoms with Crippen molar-refractivity contribution in [1.82, 2.24) is 5.32 Å². The smallest absolute Gasteiger partial charge is 0.414 e. The molecule has 0 bridgehead atoms. The second-order valence-electron chi connectivity index (χ2n) is 7.28. The third kappa shape index (κ3) is 3.48. The SMILES string of the molecule is O=C(O)C1[C@H]2CN(c3ccc(N4C[C@H](CNC(=S)C(F)F)OC4=O)cc3)C[C@@H]12. The minimum atomic E-state index is -2.74. The number of anilines is 2. The van der Waals surface area contributed by atoms with Crippen LogP contribution in [-0.4, -0.2) is 60.9 Å². The molecule has 0 aromatic heterocycles. The molecule has 1 unspecified atom stereocenters. The number of thiocarbonyl (C=S) groups is 1. The van der Waals surface area contributed by atoms with Gasteiger partial charge in [-0.2, -0.15) is 0 Å². The molecule has 1 amide bonds. The number of ether oxygens (including phenoxy) is 1. The number of carbonyl (C=O) groups is 2. The number of amides is 1. The second-order valence-corrected chi connectivity index (χ2v) is 7.72. The number of nitrogens with one attached hydrogen (secondary N) is 1. The molecular weight excluding hydrogens is 392 g/mol. The number of alkyl halides is 2. The number of fused-ring (bicyclic) bond motifs is 1. The van der Waals surface area contributed by atoms with Crippen LogP contribution >= 0.6 is 12.2 Å². The Hall–Kier alpha value is -2.49. The van der Waals surface area contributed by atoms with Gasteiger partial charge in [-0.05, 0) is 36.1 Å². The topological polar surface area (TPSA) is 82.1 Å². The second kappa shape index (κ2) is 7.16. The lowest BCUT2D eigenvalue weighted by atomic mass is 10.2. The van der Waals surface area contributed by atoms with Gasteiger partial charge >= 0.3 is 12.1 Å². The van der Waals surface area contributed by atoms with Crippen LogP contribution in [0.3, 0.4) is 0 Å². The predicted octanol–water partition coefficient (Wildman–Crippen LogP) is 1.96. The highest BCUT2D eigenvalue weighted by atomic mass is 32.1. The van der Waals surface area contributed by atoms with Crippen LogP contribution in [0.1, 0.15) is 0 Å². The van der Waals surface area contributed by atoms with E-state index in [0.29, 0.717) is 5.69 Å². The lowest BCUT2D eigenvalue weighted by Crippen LogP contribution is -2.36. The van der Waals surface area contributed by atoms with Crippen LogP contribution in [0.4, 0.5) is 25.0 Å². The maximum atomic E-state index is 12.4. The minimum Gasteiger partial charge on any atom is -0.481 e. The number of hydrogen-bond acceptors (Lipinski definition) is 5. The first-order valence-electron chi connectivity index (χ1n) is 8.97. The van der Waals surface area contributed by atoms with Gasteiger partial charge < -0.3 is 20.1 Å². The maximum Gasteiger partial charge on any atom is 0.414 e. The number of rotatable bonds is 6. The van der Waals surface area contributed by atoms with Crippen molar-refractivity contribution in [3.8, 4) is 0 Å². The standard InChI is InChI=1S/C18H19F2N3O4S/c19-15(20)16(28)21-5-11-6-23(18(26)27-11)10-3-1-9(2-4-10)22-7-12-13(8-22)14(12)17(24)25/h1-4,11-15H,5-8H2,(H,21,28)(H,24,25)/t11-,12-,13+,14?/m0/s1. The first-order valence-corrected chi connectivity index (χ1v) is 9.38. The summed E-state index contributed by atoms with van der Waals surface area (Å²) in [5, 5.41) is 11.5. The summed E-state index contributed by atoms with van der Waals surface area (Å²) < 4.78 is 30.0. The monoisotopic (exact) mass is 411 g/mol. The molecule has 2 saturated heterocycles. The molecule has 10 heteroatoms. The number of carbonyl (C=O) groups excluding carboxylic acids is 1. The molecule has 3 aliphatic rings. The fourth-order valence-electron chi connectivity index (χ4n) is 4.08. The molecule has 0 spiro atoms. The average molecular weight is 411 g/mol. The van der Waals surface area contributed by atoms with E-state index >= 15 is 0 Å². The summed E-state index contributed by atoms with van der Waals surface area (Å²) in [4.78, 5) is 26.2. The van der Waals surface area contributed by atoms with Crippen molar-refractivity contribution in [2.75, 3.05) is 36.0 Å². The van der Waals surface area contributed by atoms with E-state index in [1.54, 1.807) is 12.1 Å². The summed E-state index contributed by atoms with van der Waals surface area (Å²) in [7, 11) is 0. The molecule has 150 valence electrons. The Kier molecular flexibility index (Phi) is 4.82. The molecule has 0 radical (unpaired) electrons. The Morgan fingerprint density at radius 3 is 2.39 bits per heavy atom. The van der Waals surface area contributed by atoms with E-state index < -0.39 is 29.6 Å². The predicted molar refractivity (Wildman–Crippen MR) is 101 cm³/mol. The Labute approximate surface area is 165 Å². The number of carboxylic acid groups (broad SMARTS) is 1. The van der Waals surface area contributed by atoms with Crippen molar-refractivity contribution in [3.63, 3.8) is 0 Å². The molecule has 1 aromatic carbocycles. The Morgan fingerprint density at radius 2 is 1.82 bits per heavy atom. The van der Waals surface area contributed by atoms with E-state index in [9.17, 15) is 18.4 Å². The van der Waals surface area contributed by atoms with Gasteiger partial charge in [0.05, 0.1) is 19.0 Å². The van der Waals surface area contributed by atoms with Crippen molar-refractivity contribution < 1.29 is 28.2 Å². The molecule has 1 saturated carbocycles. The van der Waals surface area contributed by atoms with Crippen LogP contribution < -0.4 is 15.1 Å². The van der Waals surface area contributed by atoms with Crippen LogP contribution in [-0.2, 0) is 9.53 Å². The summed E-state index contributed by atoms with van der Waals surface area (Å²) in [5.41, 5.74) is 1.63. The molecule has 2 aliphatic heterocycles. The van der Waals surface area contributed by atoms with Gasteiger partial charge in [-0.1, -0.05) is 12.2 Å². The lowest BCUT2D eigenvalue weighted by molar-refractivity contribution is -0.139. The molecule has 4 rings (SSSR count).